The largest absolute Gasteiger partial charge is 0.469 e. The summed E-state index contributed by atoms with van der Waals surface area (Å²) in [6, 6.07) is 10.7. The quantitative estimate of drug-likeness (QED) is 0.316. The molecule has 0 saturated carbocycles. The second-order valence-corrected chi connectivity index (χ2v) is 12.8. The monoisotopic (exact) mass is 617 g/mol. The second-order valence-electron chi connectivity index (χ2n) is 9.60. The van der Waals surface area contributed by atoms with Gasteiger partial charge in [-0.15, -0.1) is 0 Å². The maximum absolute atomic E-state index is 14.9. The number of ether oxygens (including phenoxy) is 2. The highest BCUT2D eigenvalue weighted by molar-refractivity contribution is 9.10. The molecule has 10 nitrogen and oxygen atoms in total. The zero-order valence-electron chi connectivity index (χ0n) is 22.0. The van der Waals surface area contributed by atoms with Gasteiger partial charge in [-0.3, -0.25) is 14.8 Å². The fourth-order valence-electron chi connectivity index (χ4n) is 4.95. The van der Waals surface area contributed by atoms with Gasteiger partial charge >= 0.3 is 13.6 Å². The summed E-state index contributed by atoms with van der Waals surface area (Å²) in [6.07, 6.45) is 5.10. The first kappa shape index (κ1) is 28.1. The predicted molar refractivity (Wildman–Crippen MR) is 153 cm³/mol. The molecule has 12 heteroatoms. The van der Waals surface area contributed by atoms with Crippen LogP contribution in [-0.2, 0) is 23.4 Å². The Balaban J connectivity index is 1.61. The number of esters is 1. The third kappa shape index (κ3) is 6.49. The molecule has 4 heterocycles. The fraction of sp³-hybridized carbons (Fsp3) is 0.481. The van der Waals surface area contributed by atoms with Crippen molar-refractivity contribution in [1.29, 1.82) is 0 Å². The number of rotatable bonds is 7. The van der Waals surface area contributed by atoms with E-state index in [1.165, 1.54) is 7.11 Å². The number of carbonyl (C=O) groups excluding carboxylic acids is 1. The van der Waals surface area contributed by atoms with Gasteiger partial charge in [-0.25, -0.2) is 18.9 Å². The summed E-state index contributed by atoms with van der Waals surface area (Å²) in [5.41, 5.74) is 2.70. The van der Waals surface area contributed by atoms with Crippen molar-refractivity contribution < 1.29 is 23.4 Å². The third-order valence-electron chi connectivity index (χ3n) is 7.02. The number of benzene rings is 1. The van der Waals surface area contributed by atoms with E-state index in [4.69, 9.17) is 24.0 Å². The number of fused-ring (bicyclic) bond motifs is 1. The molecule has 0 spiro atoms. The first-order chi connectivity index (χ1) is 19.0. The minimum Gasteiger partial charge on any atom is -0.469 e. The van der Waals surface area contributed by atoms with E-state index in [0.29, 0.717) is 56.5 Å². The number of morpholine rings is 1. The Hall–Kier alpha value is -2.43. The summed E-state index contributed by atoms with van der Waals surface area (Å²) in [7, 11) is -2.16. The van der Waals surface area contributed by atoms with E-state index in [2.05, 4.69) is 20.9 Å². The molecule has 2 fully saturated rings. The number of nitrogens with zero attached hydrogens (tertiary/aromatic N) is 5. The van der Waals surface area contributed by atoms with Gasteiger partial charge in [0, 0.05) is 48.8 Å². The van der Waals surface area contributed by atoms with Crippen LogP contribution in [0.5, 0.6) is 0 Å². The molecule has 5 rings (SSSR count). The van der Waals surface area contributed by atoms with E-state index >= 15 is 0 Å². The van der Waals surface area contributed by atoms with E-state index in [9.17, 15) is 9.36 Å². The zero-order valence-corrected chi connectivity index (χ0v) is 24.5. The molecule has 39 heavy (non-hydrogen) atoms. The molecule has 3 aliphatic rings. The Kier molecular flexibility index (Phi) is 9.25. The number of carbonyl (C=O) groups is 1. The van der Waals surface area contributed by atoms with Crippen molar-refractivity contribution in [2.24, 2.45) is 9.98 Å². The van der Waals surface area contributed by atoms with Crippen LogP contribution >= 0.6 is 23.6 Å². The van der Waals surface area contributed by atoms with Gasteiger partial charge in [-0.1, -0.05) is 28.4 Å². The Morgan fingerprint density at radius 1 is 1.10 bits per heavy atom. The van der Waals surface area contributed by atoms with Gasteiger partial charge in [0.15, 0.2) is 0 Å². The third-order valence-corrected chi connectivity index (χ3v) is 10.2. The summed E-state index contributed by atoms with van der Waals surface area (Å²) in [4.78, 5) is 26.8. The summed E-state index contributed by atoms with van der Waals surface area (Å²) >= 11 is 3.57. The van der Waals surface area contributed by atoms with Gasteiger partial charge in [0.2, 0.25) is 5.90 Å². The van der Waals surface area contributed by atoms with Crippen molar-refractivity contribution in [1.82, 2.24) is 14.3 Å². The molecule has 1 aromatic heterocycles. The van der Waals surface area contributed by atoms with Crippen LogP contribution in [0.2, 0.25) is 0 Å². The Bertz CT molecular complexity index is 1260. The van der Waals surface area contributed by atoms with E-state index in [1.807, 2.05) is 45.7 Å². The molecule has 0 bridgehead atoms. The van der Waals surface area contributed by atoms with E-state index in [0.717, 1.165) is 29.3 Å². The maximum Gasteiger partial charge on any atom is 0.396 e. The Morgan fingerprint density at radius 3 is 2.59 bits per heavy atom. The highest BCUT2D eigenvalue weighted by Gasteiger charge is 2.44. The van der Waals surface area contributed by atoms with Gasteiger partial charge in [0.1, 0.15) is 6.04 Å². The molecule has 2 atom stereocenters. The minimum absolute atomic E-state index is 0.105. The fourth-order valence-corrected chi connectivity index (χ4v) is 7.77. The SMILES string of the molecule is COC(=O)CC[C@@H]1N=C(c2ccccn2)c2cc(Br)ccc2N=C1OP(=O)(N1CCCCC1)N1CCOCC1. The molecule has 1 unspecified atom stereocenters. The molecular formula is C27H33BrN5O5P. The van der Waals surface area contributed by atoms with Crippen molar-refractivity contribution in [2.45, 2.75) is 38.1 Å². The van der Waals surface area contributed by atoms with Crippen molar-refractivity contribution in [3.05, 3.63) is 58.3 Å². The average Bonchev–Trinajstić information content (AvgIpc) is 3.13. The molecule has 0 amide bonds. The van der Waals surface area contributed by atoms with Gasteiger partial charge in [0.05, 0.1) is 37.4 Å². The van der Waals surface area contributed by atoms with Crippen molar-refractivity contribution in [3.8, 4) is 0 Å². The van der Waals surface area contributed by atoms with E-state index < -0.39 is 13.7 Å². The van der Waals surface area contributed by atoms with Crippen LogP contribution in [-0.4, -0.2) is 84.4 Å². The van der Waals surface area contributed by atoms with Crippen molar-refractivity contribution in [2.75, 3.05) is 46.5 Å². The van der Waals surface area contributed by atoms with Crippen LogP contribution in [0.25, 0.3) is 0 Å². The normalized spacial score (nSPS) is 22.1. The molecule has 0 N–H and O–H groups in total. The molecule has 1 aromatic carbocycles. The Labute approximate surface area is 237 Å². The average molecular weight is 618 g/mol. The molecule has 2 aromatic rings. The number of halogens is 1. The lowest BCUT2D eigenvalue weighted by atomic mass is 10.0. The van der Waals surface area contributed by atoms with Crippen LogP contribution in [0.15, 0.2) is 57.1 Å². The smallest absolute Gasteiger partial charge is 0.396 e. The summed E-state index contributed by atoms with van der Waals surface area (Å²) < 4.78 is 36.7. The van der Waals surface area contributed by atoms with E-state index in [1.54, 1.807) is 6.20 Å². The molecule has 2 saturated heterocycles. The molecule has 3 aliphatic heterocycles. The van der Waals surface area contributed by atoms with E-state index in [-0.39, 0.29) is 24.7 Å². The minimum atomic E-state index is -3.52. The number of hydrogen-bond acceptors (Lipinski definition) is 8. The highest BCUT2D eigenvalue weighted by atomic mass is 79.9. The van der Waals surface area contributed by atoms with Gasteiger partial charge in [0.25, 0.3) is 0 Å². The first-order valence-corrected chi connectivity index (χ1v) is 15.6. The highest BCUT2D eigenvalue weighted by Crippen LogP contribution is 2.56. The summed E-state index contributed by atoms with van der Waals surface area (Å²) in [6.45, 7) is 3.33. The molecule has 208 valence electrons. The lowest BCUT2D eigenvalue weighted by molar-refractivity contribution is -0.140. The molecular weight excluding hydrogens is 585 g/mol. The van der Waals surface area contributed by atoms with Gasteiger partial charge < -0.3 is 14.0 Å². The molecule has 0 aliphatic carbocycles. The van der Waals surface area contributed by atoms with Crippen LogP contribution in [0, 0.1) is 0 Å². The first-order valence-electron chi connectivity index (χ1n) is 13.3. The van der Waals surface area contributed by atoms with Crippen molar-refractivity contribution >= 4 is 46.9 Å². The number of methoxy groups -OCH3 is 1. The number of aromatic nitrogens is 1. The lowest BCUT2D eigenvalue weighted by Gasteiger charge is -2.41. The van der Waals surface area contributed by atoms with Crippen LogP contribution in [0.3, 0.4) is 0 Å². The van der Waals surface area contributed by atoms with Gasteiger partial charge in [-0.2, -0.15) is 0 Å². The van der Waals surface area contributed by atoms with Crippen LogP contribution < -0.4 is 0 Å². The standard InChI is InChI=1S/C27H33BrN5O5P/c1-36-25(34)11-10-24-27(38-39(35,32-13-5-2-6-14-32)33-15-17-37-18-16-33)31-22-9-8-20(28)19-21(22)26(30-24)23-7-3-4-12-29-23/h3-4,7-9,12,19,24H,2,5-6,10-11,13-18H2,1H3/t24-,39?/m0/s1. The topological polar surface area (TPSA) is 106 Å². The summed E-state index contributed by atoms with van der Waals surface area (Å²) in [5.74, 6) is -0.130. The van der Waals surface area contributed by atoms with Crippen LogP contribution in [0.1, 0.15) is 43.4 Å². The number of hydrogen-bond donors (Lipinski definition) is 0. The Morgan fingerprint density at radius 2 is 1.87 bits per heavy atom. The van der Waals surface area contributed by atoms with Crippen LogP contribution in [0.4, 0.5) is 5.69 Å². The lowest BCUT2D eigenvalue weighted by Crippen LogP contribution is -2.43. The summed E-state index contributed by atoms with van der Waals surface area (Å²) in [5, 5.41) is 0. The maximum atomic E-state index is 14.9. The molecule has 0 radical (unpaired) electrons. The predicted octanol–water partition coefficient (Wildman–Crippen LogP) is 4.99. The number of aliphatic imine (C=N–C) groups is 2. The van der Waals surface area contributed by atoms with Crippen molar-refractivity contribution in [3.63, 3.8) is 0 Å². The van der Waals surface area contributed by atoms with Gasteiger partial charge in [-0.05, 0) is 49.6 Å². The zero-order chi connectivity index (χ0) is 27.2. The number of pyridine rings is 1. The second kappa shape index (κ2) is 12.8. The number of piperidine rings is 1.